The Labute approximate surface area is 159 Å². The van der Waals surface area contributed by atoms with Gasteiger partial charge in [0.2, 0.25) is 5.91 Å². The largest absolute Gasteiger partial charge is 0.496 e. The highest BCUT2D eigenvalue weighted by Gasteiger charge is 2.21. The maximum Gasteiger partial charge on any atom is 0.229 e. The lowest BCUT2D eigenvalue weighted by Gasteiger charge is -2.18. The van der Waals surface area contributed by atoms with Crippen LogP contribution in [0.2, 0.25) is 0 Å². The smallest absolute Gasteiger partial charge is 0.229 e. The molecule has 0 aliphatic heterocycles. The standard InChI is InChI=1S/C22H23NO4/c1-22(2,3)21(25)23-18-9-7-6-8-15(18)10-11-16-12-17(14-24)20(27-5)13-19(16)26-4/h6-9,12-14H,1-5H3,(H,23,25). The van der Waals surface area contributed by atoms with Crippen LogP contribution in [0, 0.1) is 17.3 Å². The van der Waals surface area contributed by atoms with Crippen molar-refractivity contribution in [2.45, 2.75) is 20.8 Å². The Morgan fingerprint density at radius 3 is 2.22 bits per heavy atom. The van der Waals surface area contributed by atoms with Gasteiger partial charge in [0.15, 0.2) is 6.29 Å². The Hall–Kier alpha value is -3.26. The molecular formula is C22H23NO4. The van der Waals surface area contributed by atoms with Crippen molar-refractivity contribution in [3.8, 4) is 23.3 Å². The van der Waals surface area contributed by atoms with Crippen LogP contribution in [-0.4, -0.2) is 26.4 Å². The summed E-state index contributed by atoms with van der Waals surface area (Å²) in [7, 11) is 3.01. The van der Waals surface area contributed by atoms with Crippen LogP contribution in [0.15, 0.2) is 36.4 Å². The summed E-state index contributed by atoms with van der Waals surface area (Å²) in [5, 5.41) is 2.91. The first-order chi connectivity index (χ1) is 12.8. The van der Waals surface area contributed by atoms with Crippen LogP contribution in [0.4, 0.5) is 5.69 Å². The summed E-state index contributed by atoms with van der Waals surface area (Å²) in [6, 6.07) is 10.5. The number of hydrogen-bond acceptors (Lipinski definition) is 4. The van der Waals surface area contributed by atoms with E-state index < -0.39 is 5.41 Å². The summed E-state index contributed by atoms with van der Waals surface area (Å²) < 4.78 is 10.5. The fraction of sp³-hybridized carbons (Fsp3) is 0.273. The van der Waals surface area contributed by atoms with Crippen molar-refractivity contribution in [3.05, 3.63) is 53.1 Å². The number of ether oxygens (including phenoxy) is 2. The third-order valence-corrected chi connectivity index (χ3v) is 3.87. The number of methoxy groups -OCH3 is 2. The number of amides is 1. The highest BCUT2D eigenvalue weighted by atomic mass is 16.5. The fourth-order valence-electron chi connectivity index (χ4n) is 2.26. The minimum Gasteiger partial charge on any atom is -0.496 e. The lowest BCUT2D eigenvalue weighted by molar-refractivity contribution is -0.123. The summed E-state index contributed by atoms with van der Waals surface area (Å²) in [5.41, 5.74) is 1.72. The van der Waals surface area contributed by atoms with E-state index in [9.17, 15) is 9.59 Å². The molecule has 0 spiro atoms. The van der Waals surface area contributed by atoms with Crippen molar-refractivity contribution in [2.24, 2.45) is 5.41 Å². The van der Waals surface area contributed by atoms with Crippen LogP contribution >= 0.6 is 0 Å². The second-order valence-electron chi connectivity index (χ2n) is 6.91. The molecular weight excluding hydrogens is 342 g/mol. The molecule has 5 nitrogen and oxygen atoms in total. The predicted octanol–water partition coefficient (Wildman–Crippen LogP) is 3.90. The van der Waals surface area contributed by atoms with E-state index in [2.05, 4.69) is 17.2 Å². The number of anilines is 1. The van der Waals surface area contributed by atoms with Gasteiger partial charge in [-0.3, -0.25) is 9.59 Å². The summed E-state index contributed by atoms with van der Waals surface area (Å²) in [6.45, 7) is 5.54. The Balaban J connectivity index is 2.44. The molecule has 0 aromatic heterocycles. The lowest BCUT2D eigenvalue weighted by Crippen LogP contribution is -2.27. The van der Waals surface area contributed by atoms with Gasteiger partial charge in [-0.1, -0.05) is 44.7 Å². The molecule has 140 valence electrons. The molecule has 27 heavy (non-hydrogen) atoms. The molecule has 2 rings (SSSR count). The highest BCUT2D eigenvalue weighted by molar-refractivity contribution is 5.95. The molecule has 0 atom stereocenters. The van der Waals surface area contributed by atoms with E-state index in [-0.39, 0.29) is 5.91 Å². The number of nitrogens with one attached hydrogen (secondary N) is 1. The van der Waals surface area contributed by atoms with Crippen molar-refractivity contribution in [2.75, 3.05) is 19.5 Å². The van der Waals surface area contributed by atoms with Gasteiger partial charge in [-0.2, -0.15) is 0 Å². The van der Waals surface area contributed by atoms with E-state index >= 15 is 0 Å². The average molecular weight is 365 g/mol. The zero-order valence-corrected chi connectivity index (χ0v) is 16.2. The van der Waals surface area contributed by atoms with Gasteiger partial charge >= 0.3 is 0 Å². The van der Waals surface area contributed by atoms with Gasteiger partial charge in [0.05, 0.1) is 31.0 Å². The number of aldehydes is 1. The van der Waals surface area contributed by atoms with Gasteiger partial charge in [0.1, 0.15) is 11.5 Å². The Kier molecular flexibility index (Phi) is 6.25. The molecule has 5 heteroatoms. The Morgan fingerprint density at radius 1 is 1.00 bits per heavy atom. The maximum atomic E-state index is 12.3. The van der Waals surface area contributed by atoms with E-state index in [4.69, 9.17) is 9.47 Å². The Morgan fingerprint density at radius 2 is 1.63 bits per heavy atom. The molecule has 0 aliphatic carbocycles. The SMILES string of the molecule is COc1cc(OC)c(C=O)cc1C#Cc1ccccc1NC(=O)C(C)(C)C. The van der Waals surface area contributed by atoms with Gasteiger partial charge in [0.25, 0.3) is 0 Å². The maximum absolute atomic E-state index is 12.3. The summed E-state index contributed by atoms with van der Waals surface area (Å²) in [5.74, 6) is 6.89. The van der Waals surface area contributed by atoms with Gasteiger partial charge in [-0.05, 0) is 18.2 Å². The first-order valence-electron chi connectivity index (χ1n) is 8.44. The summed E-state index contributed by atoms with van der Waals surface area (Å²) >= 11 is 0. The zero-order valence-electron chi connectivity index (χ0n) is 16.2. The molecule has 2 aromatic carbocycles. The second kappa shape index (κ2) is 8.41. The van der Waals surface area contributed by atoms with Crippen LogP contribution in [0.5, 0.6) is 11.5 Å². The quantitative estimate of drug-likeness (QED) is 0.659. The van der Waals surface area contributed by atoms with E-state index in [1.54, 1.807) is 18.2 Å². The van der Waals surface area contributed by atoms with Crippen LogP contribution < -0.4 is 14.8 Å². The molecule has 1 N–H and O–H groups in total. The monoisotopic (exact) mass is 365 g/mol. The number of carbonyl (C=O) groups excluding carboxylic acids is 2. The van der Waals surface area contributed by atoms with Crippen LogP contribution in [0.25, 0.3) is 0 Å². The number of rotatable bonds is 4. The normalized spacial score (nSPS) is 10.4. The molecule has 1 amide bonds. The minimum atomic E-state index is -0.515. The third-order valence-electron chi connectivity index (χ3n) is 3.87. The van der Waals surface area contributed by atoms with Crippen molar-refractivity contribution >= 4 is 17.9 Å². The van der Waals surface area contributed by atoms with Crippen molar-refractivity contribution in [1.29, 1.82) is 0 Å². The lowest BCUT2D eigenvalue weighted by atomic mass is 9.95. The third kappa shape index (κ3) is 4.89. The van der Waals surface area contributed by atoms with Gasteiger partial charge in [-0.15, -0.1) is 0 Å². The number of para-hydroxylation sites is 1. The molecule has 0 saturated carbocycles. The first kappa shape index (κ1) is 20.1. The highest BCUT2D eigenvalue weighted by Crippen LogP contribution is 2.28. The molecule has 0 heterocycles. The zero-order chi connectivity index (χ0) is 20.0. The van der Waals surface area contributed by atoms with Crippen LogP contribution in [-0.2, 0) is 4.79 Å². The molecule has 0 unspecified atom stereocenters. The van der Waals surface area contributed by atoms with Crippen LogP contribution in [0.3, 0.4) is 0 Å². The number of carbonyl (C=O) groups is 2. The second-order valence-corrected chi connectivity index (χ2v) is 6.91. The van der Waals surface area contributed by atoms with E-state index in [1.165, 1.54) is 14.2 Å². The topological polar surface area (TPSA) is 64.6 Å². The molecule has 0 radical (unpaired) electrons. The molecule has 0 saturated heterocycles. The van der Waals surface area contributed by atoms with Gasteiger partial charge < -0.3 is 14.8 Å². The molecule has 0 aliphatic rings. The van der Waals surface area contributed by atoms with Gasteiger partial charge in [-0.25, -0.2) is 0 Å². The molecule has 2 aromatic rings. The van der Waals surface area contributed by atoms with Crippen molar-refractivity contribution in [1.82, 2.24) is 0 Å². The number of benzene rings is 2. The average Bonchev–Trinajstić information content (AvgIpc) is 2.65. The fourth-order valence-corrected chi connectivity index (χ4v) is 2.26. The van der Waals surface area contributed by atoms with E-state index in [1.807, 2.05) is 39.0 Å². The van der Waals surface area contributed by atoms with Crippen LogP contribution in [0.1, 0.15) is 42.3 Å². The molecule has 0 bridgehead atoms. The molecule has 0 fully saturated rings. The van der Waals surface area contributed by atoms with E-state index in [0.717, 1.165) is 0 Å². The first-order valence-corrected chi connectivity index (χ1v) is 8.44. The van der Waals surface area contributed by atoms with Crippen molar-refractivity contribution < 1.29 is 19.1 Å². The Bertz CT molecular complexity index is 914. The summed E-state index contributed by atoms with van der Waals surface area (Å²) in [4.78, 5) is 23.5. The predicted molar refractivity (Wildman–Crippen MR) is 105 cm³/mol. The minimum absolute atomic E-state index is 0.0954. The van der Waals surface area contributed by atoms with E-state index in [0.29, 0.717) is 40.2 Å². The summed E-state index contributed by atoms with van der Waals surface area (Å²) in [6.07, 6.45) is 0.709. The number of hydrogen-bond donors (Lipinski definition) is 1. The van der Waals surface area contributed by atoms with Crippen molar-refractivity contribution in [3.63, 3.8) is 0 Å². The van der Waals surface area contributed by atoms with Gasteiger partial charge in [0, 0.05) is 17.0 Å².